The van der Waals surface area contributed by atoms with E-state index in [2.05, 4.69) is 22.1 Å². The van der Waals surface area contributed by atoms with Crippen molar-refractivity contribution in [2.24, 2.45) is 0 Å². The normalized spacial score (nSPS) is 14.5. The molecule has 1 heterocycles. The highest BCUT2D eigenvalue weighted by Gasteiger charge is 2.27. The van der Waals surface area contributed by atoms with Gasteiger partial charge in [-0.15, -0.1) is 0 Å². The lowest BCUT2D eigenvalue weighted by Crippen LogP contribution is -2.36. The quantitative estimate of drug-likeness (QED) is 0.789. The van der Waals surface area contributed by atoms with Gasteiger partial charge in [-0.2, -0.15) is 5.26 Å². The molecule has 1 aromatic heterocycles. The SMILES string of the molecule is CCN(CCNC(=O)c1cc(C#N)c[nH]1)C1CC1. The monoisotopic (exact) mass is 246 g/mol. The molecule has 1 fully saturated rings. The molecule has 2 N–H and O–H groups in total. The number of nitrogens with zero attached hydrogens (tertiary/aromatic N) is 2. The highest BCUT2D eigenvalue weighted by Crippen LogP contribution is 2.25. The van der Waals surface area contributed by atoms with E-state index in [0.29, 0.717) is 17.8 Å². The number of aromatic amines is 1. The number of hydrogen-bond donors (Lipinski definition) is 2. The summed E-state index contributed by atoms with van der Waals surface area (Å²) in [4.78, 5) is 16.9. The zero-order valence-electron chi connectivity index (χ0n) is 10.6. The molecule has 0 aliphatic heterocycles. The van der Waals surface area contributed by atoms with Gasteiger partial charge in [-0.1, -0.05) is 6.92 Å². The van der Waals surface area contributed by atoms with E-state index < -0.39 is 0 Å². The summed E-state index contributed by atoms with van der Waals surface area (Å²) in [6, 6.07) is 4.28. The summed E-state index contributed by atoms with van der Waals surface area (Å²) in [7, 11) is 0. The number of nitrogens with one attached hydrogen (secondary N) is 2. The fraction of sp³-hybridized carbons (Fsp3) is 0.538. The van der Waals surface area contributed by atoms with E-state index in [4.69, 9.17) is 5.26 Å². The number of aromatic nitrogens is 1. The molecule has 1 aromatic rings. The summed E-state index contributed by atoms with van der Waals surface area (Å²) in [5.74, 6) is -0.150. The van der Waals surface area contributed by atoms with Gasteiger partial charge in [0.05, 0.1) is 5.56 Å². The molecular formula is C13H18N4O. The minimum absolute atomic E-state index is 0.150. The molecule has 5 heteroatoms. The summed E-state index contributed by atoms with van der Waals surface area (Å²) >= 11 is 0. The Bertz CT molecular complexity index is 456. The van der Waals surface area contributed by atoms with Crippen molar-refractivity contribution in [1.82, 2.24) is 15.2 Å². The predicted molar refractivity (Wildman–Crippen MR) is 68.1 cm³/mol. The van der Waals surface area contributed by atoms with Crippen molar-refractivity contribution in [2.75, 3.05) is 19.6 Å². The van der Waals surface area contributed by atoms with Gasteiger partial charge < -0.3 is 10.3 Å². The number of carbonyl (C=O) groups is 1. The van der Waals surface area contributed by atoms with E-state index in [1.54, 1.807) is 6.07 Å². The summed E-state index contributed by atoms with van der Waals surface area (Å²) < 4.78 is 0. The minimum atomic E-state index is -0.150. The number of amides is 1. The second-order valence-corrected chi connectivity index (χ2v) is 4.53. The summed E-state index contributed by atoms with van der Waals surface area (Å²) in [6.45, 7) is 4.70. The van der Waals surface area contributed by atoms with Crippen molar-refractivity contribution in [2.45, 2.75) is 25.8 Å². The molecule has 0 bridgehead atoms. The molecule has 0 aromatic carbocycles. The first-order valence-electron chi connectivity index (χ1n) is 6.35. The topological polar surface area (TPSA) is 71.9 Å². The van der Waals surface area contributed by atoms with Crippen LogP contribution in [0.1, 0.15) is 35.8 Å². The van der Waals surface area contributed by atoms with E-state index in [-0.39, 0.29) is 5.91 Å². The van der Waals surface area contributed by atoms with Crippen molar-refractivity contribution in [3.8, 4) is 6.07 Å². The molecule has 0 radical (unpaired) electrons. The number of likely N-dealkylation sites (N-methyl/N-ethyl adjacent to an activating group) is 1. The molecule has 1 aliphatic rings. The summed E-state index contributed by atoms with van der Waals surface area (Å²) in [5, 5.41) is 11.5. The highest BCUT2D eigenvalue weighted by molar-refractivity contribution is 5.92. The van der Waals surface area contributed by atoms with Gasteiger partial charge >= 0.3 is 0 Å². The first-order chi connectivity index (χ1) is 8.74. The molecule has 96 valence electrons. The standard InChI is InChI=1S/C13H18N4O/c1-2-17(11-3-4-11)6-5-15-13(18)12-7-10(8-14)9-16-12/h7,9,11,16H,2-6H2,1H3,(H,15,18). The van der Waals surface area contributed by atoms with Crippen LogP contribution in [0.25, 0.3) is 0 Å². The molecule has 0 unspecified atom stereocenters. The highest BCUT2D eigenvalue weighted by atomic mass is 16.1. The van der Waals surface area contributed by atoms with Crippen LogP contribution in [0.4, 0.5) is 0 Å². The van der Waals surface area contributed by atoms with Crippen LogP contribution in [0.2, 0.25) is 0 Å². The number of H-pyrrole nitrogens is 1. The molecule has 2 rings (SSSR count). The van der Waals surface area contributed by atoms with Crippen LogP contribution in [-0.4, -0.2) is 41.5 Å². The molecule has 5 nitrogen and oxygen atoms in total. The fourth-order valence-electron chi connectivity index (χ4n) is 2.04. The average molecular weight is 246 g/mol. The van der Waals surface area contributed by atoms with Crippen LogP contribution in [0.3, 0.4) is 0 Å². The largest absolute Gasteiger partial charge is 0.356 e. The Hall–Kier alpha value is -1.80. The van der Waals surface area contributed by atoms with E-state index in [0.717, 1.165) is 19.1 Å². The summed E-state index contributed by atoms with van der Waals surface area (Å²) in [6.07, 6.45) is 4.10. The van der Waals surface area contributed by atoms with Crippen molar-refractivity contribution in [3.05, 3.63) is 23.5 Å². The first kappa shape index (κ1) is 12.7. The first-order valence-corrected chi connectivity index (χ1v) is 6.35. The smallest absolute Gasteiger partial charge is 0.267 e. The van der Waals surface area contributed by atoms with Crippen molar-refractivity contribution < 1.29 is 4.79 Å². The fourth-order valence-corrected chi connectivity index (χ4v) is 2.04. The number of hydrogen-bond acceptors (Lipinski definition) is 3. The lowest BCUT2D eigenvalue weighted by atomic mass is 10.3. The van der Waals surface area contributed by atoms with Crippen LogP contribution in [-0.2, 0) is 0 Å². The molecule has 1 saturated carbocycles. The Kier molecular flexibility index (Phi) is 4.00. The van der Waals surface area contributed by atoms with E-state index in [9.17, 15) is 4.79 Å². The molecule has 1 aliphatic carbocycles. The molecule has 0 saturated heterocycles. The zero-order valence-corrected chi connectivity index (χ0v) is 10.6. The van der Waals surface area contributed by atoms with E-state index in [1.165, 1.54) is 19.0 Å². The predicted octanol–water partition coefficient (Wildman–Crippen LogP) is 1.10. The van der Waals surface area contributed by atoms with E-state index >= 15 is 0 Å². The van der Waals surface area contributed by atoms with Crippen LogP contribution in [0.5, 0.6) is 0 Å². The lowest BCUT2D eigenvalue weighted by molar-refractivity contribution is 0.0943. The number of nitriles is 1. The maximum atomic E-state index is 11.8. The number of carbonyl (C=O) groups excluding carboxylic acids is 1. The van der Waals surface area contributed by atoms with Crippen LogP contribution in [0.15, 0.2) is 12.3 Å². The minimum Gasteiger partial charge on any atom is -0.356 e. The Labute approximate surface area is 107 Å². The summed E-state index contributed by atoms with van der Waals surface area (Å²) in [5.41, 5.74) is 0.925. The molecule has 0 spiro atoms. The third-order valence-corrected chi connectivity index (χ3v) is 3.21. The van der Waals surface area contributed by atoms with Gasteiger partial charge in [-0.05, 0) is 25.5 Å². The van der Waals surface area contributed by atoms with Crippen LogP contribution >= 0.6 is 0 Å². The van der Waals surface area contributed by atoms with Crippen LogP contribution < -0.4 is 5.32 Å². The second-order valence-electron chi connectivity index (χ2n) is 4.53. The van der Waals surface area contributed by atoms with Gasteiger partial charge in [0.25, 0.3) is 5.91 Å². The van der Waals surface area contributed by atoms with Gasteiger partial charge in [0.2, 0.25) is 0 Å². The van der Waals surface area contributed by atoms with Gasteiger partial charge in [0.1, 0.15) is 11.8 Å². The third kappa shape index (κ3) is 3.11. The Balaban J connectivity index is 1.76. The molecular weight excluding hydrogens is 228 g/mol. The average Bonchev–Trinajstić information content (AvgIpc) is 3.10. The molecule has 0 atom stereocenters. The van der Waals surface area contributed by atoms with Crippen molar-refractivity contribution >= 4 is 5.91 Å². The third-order valence-electron chi connectivity index (χ3n) is 3.21. The van der Waals surface area contributed by atoms with Gasteiger partial charge in [-0.25, -0.2) is 0 Å². The zero-order chi connectivity index (χ0) is 13.0. The van der Waals surface area contributed by atoms with Gasteiger partial charge in [0.15, 0.2) is 0 Å². The van der Waals surface area contributed by atoms with E-state index in [1.807, 2.05) is 6.07 Å². The maximum Gasteiger partial charge on any atom is 0.267 e. The molecule has 18 heavy (non-hydrogen) atoms. The van der Waals surface area contributed by atoms with Gasteiger partial charge in [0, 0.05) is 25.3 Å². The van der Waals surface area contributed by atoms with Gasteiger partial charge in [-0.3, -0.25) is 9.69 Å². The van der Waals surface area contributed by atoms with Crippen molar-refractivity contribution in [1.29, 1.82) is 5.26 Å². The maximum absolute atomic E-state index is 11.8. The molecule has 1 amide bonds. The number of rotatable bonds is 6. The Morgan fingerprint density at radius 3 is 3.00 bits per heavy atom. The van der Waals surface area contributed by atoms with Crippen molar-refractivity contribution in [3.63, 3.8) is 0 Å². The lowest BCUT2D eigenvalue weighted by Gasteiger charge is -2.19. The second kappa shape index (κ2) is 5.69. The Morgan fingerprint density at radius 1 is 1.67 bits per heavy atom. The Morgan fingerprint density at radius 2 is 2.44 bits per heavy atom. The van der Waals surface area contributed by atoms with Crippen LogP contribution in [0, 0.1) is 11.3 Å².